The fraction of sp³-hybridized carbons (Fsp3) is 0.471. The van der Waals surface area contributed by atoms with Gasteiger partial charge in [0.1, 0.15) is 5.82 Å². The van der Waals surface area contributed by atoms with Gasteiger partial charge in [-0.1, -0.05) is 31.5 Å². The molecule has 2 rings (SSSR count). The number of aromatic nitrogens is 1. The number of nitrogens with one attached hydrogen (secondary N) is 1. The summed E-state index contributed by atoms with van der Waals surface area (Å²) >= 11 is 0. The van der Waals surface area contributed by atoms with Gasteiger partial charge in [0.25, 0.3) is 0 Å². The molecule has 108 valence electrons. The first kappa shape index (κ1) is 14.8. The molecule has 1 aromatic heterocycles. The first-order chi connectivity index (χ1) is 9.74. The maximum atomic E-state index is 5.69. The van der Waals surface area contributed by atoms with Gasteiger partial charge in [0.2, 0.25) is 0 Å². The van der Waals surface area contributed by atoms with Gasteiger partial charge >= 0.3 is 0 Å². The average Bonchev–Trinajstić information content (AvgIpc) is 2.45. The van der Waals surface area contributed by atoms with Gasteiger partial charge < -0.3 is 11.1 Å². The van der Waals surface area contributed by atoms with Gasteiger partial charge in [0.15, 0.2) is 0 Å². The second-order valence-corrected chi connectivity index (χ2v) is 5.46. The van der Waals surface area contributed by atoms with Crippen LogP contribution in [0.25, 0.3) is 10.9 Å². The zero-order chi connectivity index (χ0) is 14.4. The summed E-state index contributed by atoms with van der Waals surface area (Å²) in [6.07, 6.45) is 3.50. The Kier molecular flexibility index (Phi) is 5.36. The first-order valence-corrected chi connectivity index (χ1v) is 7.55. The van der Waals surface area contributed by atoms with Crippen molar-refractivity contribution in [2.45, 2.75) is 33.1 Å². The van der Waals surface area contributed by atoms with E-state index in [-0.39, 0.29) is 0 Å². The highest BCUT2D eigenvalue weighted by molar-refractivity contribution is 5.81. The molecule has 0 aliphatic carbocycles. The number of hydrogen-bond acceptors (Lipinski definition) is 3. The molecule has 3 nitrogen and oxygen atoms in total. The van der Waals surface area contributed by atoms with Crippen LogP contribution in [0.4, 0.5) is 5.82 Å². The van der Waals surface area contributed by atoms with Crippen molar-refractivity contribution < 1.29 is 0 Å². The Morgan fingerprint density at radius 1 is 1.25 bits per heavy atom. The van der Waals surface area contributed by atoms with E-state index in [0.29, 0.717) is 5.92 Å². The number of para-hydroxylation sites is 1. The summed E-state index contributed by atoms with van der Waals surface area (Å²) in [4.78, 5) is 4.72. The SMILES string of the molecule is CCCC(CCN)CNc1nc2ccccc2cc1C. The van der Waals surface area contributed by atoms with Crippen molar-refractivity contribution in [3.63, 3.8) is 0 Å². The maximum absolute atomic E-state index is 5.69. The van der Waals surface area contributed by atoms with Gasteiger partial charge in [-0.15, -0.1) is 0 Å². The van der Waals surface area contributed by atoms with Crippen molar-refractivity contribution in [1.29, 1.82) is 0 Å². The predicted octanol–water partition coefficient (Wildman–Crippen LogP) is 3.72. The van der Waals surface area contributed by atoms with E-state index in [2.05, 4.69) is 43.4 Å². The Bertz CT molecular complexity index is 545. The largest absolute Gasteiger partial charge is 0.370 e. The van der Waals surface area contributed by atoms with Crippen molar-refractivity contribution in [3.05, 3.63) is 35.9 Å². The topological polar surface area (TPSA) is 50.9 Å². The second kappa shape index (κ2) is 7.25. The third-order valence-electron chi connectivity index (χ3n) is 3.74. The van der Waals surface area contributed by atoms with Crippen LogP contribution in [0.15, 0.2) is 30.3 Å². The molecule has 0 bridgehead atoms. The summed E-state index contributed by atoms with van der Waals surface area (Å²) in [6, 6.07) is 10.4. The number of nitrogens with zero attached hydrogens (tertiary/aromatic N) is 1. The lowest BCUT2D eigenvalue weighted by Gasteiger charge is -2.17. The lowest BCUT2D eigenvalue weighted by molar-refractivity contribution is 0.473. The van der Waals surface area contributed by atoms with Gasteiger partial charge in [0, 0.05) is 11.9 Å². The number of hydrogen-bond donors (Lipinski definition) is 2. The highest BCUT2D eigenvalue weighted by Crippen LogP contribution is 2.20. The minimum atomic E-state index is 0.637. The number of pyridine rings is 1. The van der Waals surface area contributed by atoms with Crippen LogP contribution >= 0.6 is 0 Å². The van der Waals surface area contributed by atoms with Crippen LogP contribution in [-0.2, 0) is 0 Å². The van der Waals surface area contributed by atoms with E-state index < -0.39 is 0 Å². The smallest absolute Gasteiger partial charge is 0.129 e. The average molecular weight is 271 g/mol. The molecule has 0 saturated carbocycles. The molecule has 0 saturated heterocycles. The standard InChI is InChI=1S/C17H25N3/c1-3-6-14(9-10-18)12-19-17-13(2)11-15-7-4-5-8-16(15)20-17/h4-5,7-8,11,14H,3,6,9-10,12,18H2,1-2H3,(H,19,20). The quantitative estimate of drug-likeness (QED) is 0.807. The van der Waals surface area contributed by atoms with Gasteiger partial charge in [-0.3, -0.25) is 0 Å². The molecule has 0 fully saturated rings. The monoisotopic (exact) mass is 271 g/mol. The van der Waals surface area contributed by atoms with E-state index in [4.69, 9.17) is 10.7 Å². The number of aryl methyl sites for hydroxylation is 1. The Labute approximate surface area is 121 Å². The first-order valence-electron chi connectivity index (χ1n) is 7.55. The van der Waals surface area contributed by atoms with Crippen LogP contribution in [0.2, 0.25) is 0 Å². The number of fused-ring (bicyclic) bond motifs is 1. The molecular weight excluding hydrogens is 246 g/mol. The van der Waals surface area contributed by atoms with Gasteiger partial charge in [-0.05, 0) is 49.9 Å². The summed E-state index contributed by atoms with van der Waals surface area (Å²) in [6.45, 7) is 6.05. The summed E-state index contributed by atoms with van der Waals surface area (Å²) < 4.78 is 0. The van der Waals surface area contributed by atoms with E-state index in [1.54, 1.807) is 0 Å². The number of benzene rings is 1. The molecule has 1 unspecified atom stereocenters. The van der Waals surface area contributed by atoms with Crippen LogP contribution in [0, 0.1) is 12.8 Å². The molecule has 2 aromatic rings. The van der Waals surface area contributed by atoms with Crippen molar-refractivity contribution >= 4 is 16.7 Å². The Balaban J connectivity index is 2.10. The molecule has 1 heterocycles. The van der Waals surface area contributed by atoms with Crippen LogP contribution in [-0.4, -0.2) is 18.1 Å². The van der Waals surface area contributed by atoms with E-state index in [0.717, 1.165) is 30.8 Å². The lowest BCUT2D eigenvalue weighted by atomic mass is 10.00. The fourth-order valence-electron chi connectivity index (χ4n) is 2.63. The molecule has 0 aliphatic heterocycles. The molecule has 20 heavy (non-hydrogen) atoms. The molecule has 1 atom stereocenters. The third-order valence-corrected chi connectivity index (χ3v) is 3.74. The summed E-state index contributed by atoms with van der Waals surface area (Å²) in [5, 5.41) is 4.70. The van der Waals surface area contributed by atoms with E-state index >= 15 is 0 Å². The predicted molar refractivity (Wildman–Crippen MR) is 87.0 cm³/mol. The van der Waals surface area contributed by atoms with Crippen molar-refractivity contribution in [3.8, 4) is 0 Å². The van der Waals surface area contributed by atoms with Gasteiger partial charge in [-0.2, -0.15) is 0 Å². The van der Waals surface area contributed by atoms with Crippen molar-refractivity contribution in [2.75, 3.05) is 18.4 Å². The van der Waals surface area contributed by atoms with E-state index in [1.165, 1.54) is 23.8 Å². The number of nitrogens with two attached hydrogens (primary N) is 1. The van der Waals surface area contributed by atoms with Crippen molar-refractivity contribution in [2.24, 2.45) is 11.7 Å². The van der Waals surface area contributed by atoms with E-state index in [1.807, 2.05) is 6.07 Å². The normalized spacial score (nSPS) is 12.6. The second-order valence-electron chi connectivity index (χ2n) is 5.46. The highest BCUT2D eigenvalue weighted by Gasteiger charge is 2.08. The zero-order valence-corrected chi connectivity index (χ0v) is 12.5. The molecule has 0 radical (unpaired) electrons. The summed E-state index contributed by atoms with van der Waals surface area (Å²) in [5.74, 6) is 1.64. The maximum Gasteiger partial charge on any atom is 0.129 e. The third kappa shape index (κ3) is 3.70. The minimum Gasteiger partial charge on any atom is -0.370 e. The molecule has 3 N–H and O–H groups in total. The van der Waals surface area contributed by atoms with Crippen LogP contribution in [0.5, 0.6) is 0 Å². The highest BCUT2D eigenvalue weighted by atomic mass is 15.0. The van der Waals surface area contributed by atoms with Crippen LogP contribution in [0.1, 0.15) is 31.7 Å². The van der Waals surface area contributed by atoms with Crippen LogP contribution in [0.3, 0.4) is 0 Å². The molecule has 1 aromatic carbocycles. The molecular formula is C17H25N3. The molecule has 0 spiro atoms. The Morgan fingerprint density at radius 3 is 2.80 bits per heavy atom. The van der Waals surface area contributed by atoms with Gasteiger partial charge in [-0.25, -0.2) is 4.98 Å². The van der Waals surface area contributed by atoms with E-state index in [9.17, 15) is 0 Å². The number of rotatable bonds is 7. The minimum absolute atomic E-state index is 0.637. The lowest BCUT2D eigenvalue weighted by Crippen LogP contribution is -2.19. The fourth-order valence-corrected chi connectivity index (χ4v) is 2.63. The zero-order valence-electron chi connectivity index (χ0n) is 12.5. The Hall–Kier alpha value is -1.61. The van der Waals surface area contributed by atoms with Gasteiger partial charge in [0.05, 0.1) is 5.52 Å². The summed E-state index contributed by atoms with van der Waals surface area (Å²) in [7, 11) is 0. The number of anilines is 1. The summed E-state index contributed by atoms with van der Waals surface area (Å²) in [5.41, 5.74) is 7.94. The molecule has 0 aliphatic rings. The molecule has 0 amide bonds. The van der Waals surface area contributed by atoms with Crippen molar-refractivity contribution in [1.82, 2.24) is 4.98 Å². The molecule has 3 heteroatoms. The van der Waals surface area contributed by atoms with Crippen LogP contribution < -0.4 is 11.1 Å². The Morgan fingerprint density at radius 2 is 2.05 bits per heavy atom.